The highest BCUT2D eigenvalue weighted by molar-refractivity contribution is 6.32. The van der Waals surface area contributed by atoms with E-state index in [1.807, 2.05) is 19.1 Å². The fraction of sp³-hybridized carbons (Fsp3) is 0.500. The molecule has 0 spiro atoms. The predicted octanol–water partition coefficient (Wildman–Crippen LogP) is 7.56. The normalized spacial score (nSPS) is 11.0. The molecule has 2 rings (SSSR count). The highest BCUT2D eigenvalue weighted by Gasteiger charge is 2.15. The van der Waals surface area contributed by atoms with Crippen molar-refractivity contribution in [3.63, 3.8) is 0 Å². The van der Waals surface area contributed by atoms with Gasteiger partial charge in [0, 0.05) is 12.1 Å². The van der Waals surface area contributed by atoms with Gasteiger partial charge in [-0.05, 0) is 49.7 Å². The molecular weight excluding hydrogens is 424 g/mol. The van der Waals surface area contributed by atoms with E-state index in [1.165, 1.54) is 44.6 Å². The summed E-state index contributed by atoms with van der Waals surface area (Å²) in [7, 11) is 0. The Balaban J connectivity index is 1.94. The first-order valence-electron chi connectivity index (χ1n) is 10.8. The molecule has 0 aliphatic heterocycles. The van der Waals surface area contributed by atoms with Crippen molar-refractivity contribution in [1.29, 1.82) is 0 Å². The minimum Gasteiger partial charge on any atom is -0.490 e. The van der Waals surface area contributed by atoms with Gasteiger partial charge in [-0.2, -0.15) is 0 Å². The number of ether oxygens (including phenoxy) is 2. The molecule has 0 saturated carbocycles. The van der Waals surface area contributed by atoms with E-state index < -0.39 is 5.82 Å². The molecule has 1 N–H and O–H groups in total. The topological polar surface area (TPSA) is 30.5 Å². The van der Waals surface area contributed by atoms with Gasteiger partial charge in [0.1, 0.15) is 12.4 Å². The van der Waals surface area contributed by atoms with Crippen molar-refractivity contribution in [2.45, 2.75) is 65.5 Å². The summed E-state index contributed by atoms with van der Waals surface area (Å²) >= 11 is 12.6. The lowest BCUT2D eigenvalue weighted by molar-refractivity contribution is 0.266. The second kappa shape index (κ2) is 13.7. The van der Waals surface area contributed by atoms with Gasteiger partial charge in [-0.15, -0.1) is 0 Å². The molecule has 0 atom stereocenters. The van der Waals surface area contributed by atoms with Crippen LogP contribution in [0.2, 0.25) is 10.0 Å². The van der Waals surface area contributed by atoms with Crippen LogP contribution in [0.25, 0.3) is 0 Å². The number of unbranched alkanes of at least 4 members (excludes halogenated alkanes) is 5. The maximum absolute atomic E-state index is 14.0. The van der Waals surface area contributed by atoms with Crippen LogP contribution in [-0.2, 0) is 13.2 Å². The number of nitrogens with one attached hydrogen (secondary N) is 1. The number of hydrogen-bond acceptors (Lipinski definition) is 3. The first kappa shape index (κ1) is 24.8. The van der Waals surface area contributed by atoms with Crippen LogP contribution in [0.15, 0.2) is 30.3 Å². The fourth-order valence-corrected chi connectivity index (χ4v) is 3.71. The molecule has 30 heavy (non-hydrogen) atoms. The molecule has 2 aromatic rings. The van der Waals surface area contributed by atoms with E-state index in [-0.39, 0.29) is 6.61 Å². The second-order valence-corrected chi connectivity index (χ2v) is 8.09. The summed E-state index contributed by atoms with van der Waals surface area (Å²) < 4.78 is 25.6. The van der Waals surface area contributed by atoms with Crippen LogP contribution in [0.3, 0.4) is 0 Å². The molecule has 0 saturated heterocycles. The average Bonchev–Trinajstić information content (AvgIpc) is 2.71. The summed E-state index contributed by atoms with van der Waals surface area (Å²) in [6.07, 6.45) is 7.64. The van der Waals surface area contributed by atoms with Crippen molar-refractivity contribution in [1.82, 2.24) is 5.32 Å². The molecule has 166 valence electrons. The Kier molecular flexibility index (Phi) is 11.3. The van der Waals surface area contributed by atoms with Gasteiger partial charge >= 0.3 is 0 Å². The van der Waals surface area contributed by atoms with E-state index in [0.717, 1.165) is 12.1 Å². The van der Waals surface area contributed by atoms with Crippen molar-refractivity contribution in [2.24, 2.45) is 0 Å². The van der Waals surface area contributed by atoms with Crippen molar-refractivity contribution in [3.8, 4) is 11.5 Å². The van der Waals surface area contributed by atoms with Gasteiger partial charge in [0.15, 0.2) is 11.5 Å². The van der Waals surface area contributed by atoms with Crippen LogP contribution >= 0.6 is 23.2 Å². The molecule has 3 nitrogen and oxygen atoms in total. The number of hydrogen-bond donors (Lipinski definition) is 1. The Hall–Kier alpha value is -1.49. The molecule has 0 aliphatic carbocycles. The highest BCUT2D eigenvalue weighted by Crippen LogP contribution is 2.37. The molecule has 0 heterocycles. The van der Waals surface area contributed by atoms with E-state index in [4.69, 9.17) is 32.7 Å². The number of rotatable bonds is 14. The molecule has 0 radical (unpaired) electrons. The first-order valence-corrected chi connectivity index (χ1v) is 11.5. The third-order valence-electron chi connectivity index (χ3n) is 4.83. The summed E-state index contributed by atoms with van der Waals surface area (Å²) in [6, 6.07) is 8.33. The zero-order valence-corrected chi connectivity index (χ0v) is 19.4. The maximum Gasteiger partial charge on any atom is 0.180 e. The molecule has 0 fully saturated rings. The standard InChI is InChI=1S/C24H32Cl2FNO2/c1-3-5-6-7-8-9-13-28-16-18-14-21(26)24(23(15-18)29-4-2)30-17-19-20(25)11-10-12-22(19)27/h10-12,14-15,28H,3-9,13,16-17H2,1-2H3. The van der Waals surface area contributed by atoms with Crippen LogP contribution < -0.4 is 14.8 Å². The van der Waals surface area contributed by atoms with E-state index in [9.17, 15) is 4.39 Å². The van der Waals surface area contributed by atoms with Gasteiger partial charge in [0.05, 0.1) is 16.7 Å². The molecule has 0 unspecified atom stereocenters. The van der Waals surface area contributed by atoms with Crippen LogP contribution in [0.4, 0.5) is 4.39 Å². The van der Waals surface area contributed by atoms with Crippen molar-refractivity contribution in [2.75, 3.05) is 13.2 Å². The van der Waals surface area contributed by atoms with E-state index in [2.05, 4.69) is 12.2 Å². The van der Waals surface area contributed by atoms with Gasteiger partial charge in [-0.3, -0.25) is 0 Å². The summed E-state index contributed by atoms with van der Waals surface area (Å²) in [5.74, 6) is 0.540. The number of halogens is 3. The van der Waals surface area contributed by atoms with Gasteiger partial charge in [-0.1, -0.05) is 68.3 Å². The van der Waals surface area contributed by atoms with Gasteiger partial charge in [0.25, 0.3) is 0 Å². The van der Waals surface area contributed by atoms with Gasteiger partial charge < -0.3 is 14.8 Å². The minimum atomic E-state index is -0.410. The van der Waals surface area contributed by atoms with Crippen molar-refractivity contribution in [3.05, 3.63) is 57.3 Å². The Morgan fingerprint density at radius 1 is 0.933 bits per heavy atom. The van der Waals surface area contributed by atoms with E-state index in [0.29, 0.717) is 40.3 Å². The third kappa shape index (κ3) is 7.98. The Bertz CT molecular complexity index is 766. The van der Waals surface area contributed by atoms with Gasteiger partial charge in [-0.25, -0.2) is 4.39 Å². The molecule has 0 amide bonds. The van der Waals surface area contributed by atoms with Crippen LogP contribution in [0.1, 0.15) is 63.5 Å². The van der Waals surface area contributed by atoms with Crippen molar-refractivity contribution < 1.29 is 13.9 Å². The van der Waals surface area contributed by atoms with Crippen LogP contribution in [0, 0.1) is 5.82 Å². The first-order chi connectivity index (χ1) is 14.6. The smallest absolute Gasteiger partial charge is 0.180 e. The third-order valence-corrected chi connectivity index (χ3v) is 5.46. The van der Waals surface area contributed by atoms with E-state index in [1.54, 1.807) is 12.1 Å². The summed E-state index contributed by atoms with van der Waals surface area (Å²) in [6.45, 7) is 6.25. The zero-order valence-electron chi connectivity index (χ0n) is 17.9. The van der Waals surface area contributed by atoms with E-state index >= 15 is 0 Å². The summed E-state index contributed by atoms with van der Waals surface area (Å²) in [4.78, 5) is 0. The minimum absolute atomic E-state index is 0.0269. The molecular formula is C24H32Cl2FNO2. The monoisotopic (exact) mass is 455 g/mol. The lowest BCUT2D eigenvalue weighted by atomic mass is 10.1. The largest absolute Gasteiger partial charge is 0.490 e. The Labute approximate surface area is 189 Å². The van der Waals surface area contributed by atoms with Gasteiger partial charge in [0.2, 0.25) is 0 Å². The average molecular weight is 456 g/mol. The summed E-state index contributed by atoms with van der Waals surface area (Å²) in [5, 5.41) is 4.21. The SMILES string of the molecule is CCCCCCCCNCc1cc(Cl)c(OCc2c(F)cccc2Cl)c(OCC)c1. The zero-order chi connectivity index (χ0) is 21.8. The molecule has 6 heteroatoms. The summed E-state index contributed by atoms with van der Waals surface area (Å²) in [5.41, 5.74) is 1.31. The quantitative estimate of drug-likeness (QED) is 0.298. The second-order valence-electron chi connectivity index (χ2n) is 7.27. The molecule has 0 aromatic heterocycles. The molecule has 2 aromatic carbocycles. The number of benzene rings is 2. The molecule has 0 aliphatic rings. The predicted molar refractivity (Wildman–Crippen MR) is 123 cm³/mol. The fourth-order valence-electron chi connectivity index (χ4n) is 3.20. The molecule has 0 bridgehead atoms. The maximum atomic E-state index is 14.0. The lowest BCUT2D eigenvalue weighted by Gasteiger charge is -2.16. The lowest BCUT2D eigenvalue weighted by Crippen LogP contribution is -2.15. The Morgan fingerprint density at radius 3 is 2.43 bits per heavy atom. The van der Waals surface area contributed by atoms with Crippen LogP contribution in [-0.4, -0.2) is 13.2 Å². The highest BCUT2D eigenvalue weighted by atomic mass is 35.5. The van der Waals surface area contributed by atoms with Crippen LogP contribution in [0.5, 0.6) is 11.5 Å². The van der Waals surface area contributed by atoms with Crippen molar-refractivity contribution >= 4 is 23.2 Å². The Morgan fingerprint density at radius 2 is 1.70 bits per heavy atom.